The molecular weight excluding hydrogens is 358 g/mol. The van der Waals surface area contributed by atoms with E-state index < -0.39 is 11.9 Å². The van der Waals surface area contributed by atoms with Crippen LogP contribution in [0.4, 0.5) is 0 Å². The van der Waals surface area contributed by atoms with E-state index in [1.54, 1.807) is 0 Å². The smallest absolute Gasteiger partial charge is 0.303 e. The van der Waals surface area contributed by atoms with Gasteiger partial charge in [0.1, 0.15) is 0 Å². The molecule has 0 unspecified atom stereocenters. The number of nitrogens with zero attached hydrogens (tertiary/aromatic N) is 1. The minimum Gasteiger partial charge on any atom is -0.481 e. The van der Waals surface area contributed by atoms with E-state index in [9.17, 15) is 14.4 Å². The van der Waals surface area contributed by atoms with Crippen LogP contribution in [0.25, 0.3) is 0 Å². The van der Waals surface area contributed by atoms with Gasteiger partial charge in [-0.3, -0.25) is 14.4 Å². The van der Waals surface area contributed by atoms with Crippen LogP contribution in [-0.2, 0) is 9.59 Å². The summed E-state index contributed by atoms with van der Waals surface area (Å²) in [5.41, 5.74) is 2.06. The van der Waals surface area contributed by atoms with Gasteiger partial charge in [-0.2, -0.15) is 0 Å². The number of benzene rings is 1. The number of hydrogen-bond acceptors (Lipinski definition) is 4. The van der Waals surface area contributed by atoms with Gasteiger partial charge in [-0.1, -0.05) is 43.2 Å². The van der Waals surface area contributed by atoms with Crippen molar-refractivity contribution < 1.29 is 24.6 Å². The van der Waals surface area contributed by atoms with E-state index in [2.05, 4.69) is 11.8 Å². The van der Waals surface area contributed by atoms with Crippen LogP contribution in [-0.4, -0.2) is 52.5 Å². The number of unbranched alkanes of at least 4 members (excludes halogenated alkanes) is 1. The fraction of sp³-hybridized carbons (Fsp3) is 0.591. The summed E-state index contributed by atoms with van der Waals surface area (Å²) < 4.78 is 0. The maximum absolute atomic E-state index is 12.3. The van der Waals surface area contributed by atoms with E-state index in [4.69, 9.17) is 10.2 Å². The molecule has 1 aliphatic heterocycles. The Balaban J connectivity index is 0.000000336. The number of carbonyl (C=O) groups excluding carboxylic acids is 1. The zero-order valence-electron chi connectivity index (χ0n) is 17.0. The summed E-state index contributed by atoms with van der Waals surface area (Å²) in [6, 6.07) is 7.93. The number of hydrogen-bond donors (Lipinski definition) is 2. The van der Waals surface area contributed by atoms with Gasteiger partial charge in [0.15, 0.2) is 5.78 Å². The van der Waals surface area contributed by atoms with E-state index in [0.717, 1.165) is 25.2 Å². The van der Waals surface area contributed by atoms with Crippen molar-refractivity contribution in [2.24, 2.45) is 5.92 Å². The molecule has 28 heavy (non-hydrogen) atoms. The fourth-order valence-corrected chi connectivity index (χ4v) is 3.17. The molecule has 6 heteroatoms. The third kappa shape index (κ3) is 10.2. The minimum atomic E-state index is -0.870. The van der Waals surface area contributed by atoms with Crippen molar-refractivity contribution >= 4 is 17.7 Å². The van der Waals surface area contributed by atoms with Crippen molar-refractivity contribution in [3.05, 3.63) is 35.4 Å². The second kappa shape index (κ2) is 13.0. The highest BCUT2D eigenvalue weighted by Crippen LogP contribution is 2.15. The highest BCUT2D eigenvalue weighted by atomic mass is 16.4. The number of likely N-dealkylation sites (tertiary alicyclic amines) is 1. The Morgan fingerprint density at radius 1 is 0.929 bits per heavy atom. The molecule has 0 radical (unpaired) electrons. The molecule has 0 spiro atoms. The van der Waals surface area contributed by atoms with Gasteiger partial charge in [-0.25, -0.2) is 0 Å². The van der Waals surface area contributed by atoms with Crippen molar-refractivity contribution in [2.75, 3.05) is 19.6 Å². The molecule has 1 fully saturated rings. The molecule has 6 nitrogen and oxygen atoms in total. The molecule has 1 atom stereocenters. The summed E-state index contributed by atoms with van der Waals surface area (Å²) in [4.78, 5) is 34.5. The van der Waals surface area contributed by atoms with Gasteiger partial charge in [0, 0.05) is 30.9 Å². The van der Waals surface area contributed by atoms with Crippen LogP contribution in [0.15, 0.2) is 24.3 Å². The van der Waals surface area contributed by atoms with E-state index in [1.165, 1.54) is 24.8 Å². The van der Waals surface area contributed by atoms with E-state index in [1.807, 2.05) is 31.2 Å². The summed E-state index contributed by atoms with van der Waals surface area (Å²) in [7, 11) is 0. The molecule has 156 valence electrons. The first kappa shape index (κ1) is 23.8. The molecule has 2 rings (SSSR count). The predicted molar refractivity (Wildman–Crippen MR) is 109 cm³/mol. The van der Waals surface area contributed by atoms with Crippen LogP contribution in [0.2, 0.25) is 0 Å². The second-order valence-corrected chi connectivity index (χ2v) is 7.49. The number of aliphatic carboxylic acids is 2. The number of carbonyl (C=O) groups is 3. The minimum absolute atomic E-state index is 0.0628. The summed E-state index contributed by atoms with van der Waals surface area (Å²) in [6.07, 6.45) is 4.93. The fourth-order valence-electron chi connectivity index (χ4n) is 3.17. The van der Waals surface area contributed by atoms with Gasteiger partial charge >= 0.3 is 11.9 Å². The lowest BCUT2D eigenvalue weighted by molar-refractivity contribution is -0.139. The number of aryl methyl sites for hydroxylation is 1. The zero-order chi connectivity index (χ0) is 20.9. The Bertz CT molecular complexity index is 604. The highest BCUT2D eigenvalue weighted by Gasteiger charge is 2.19. The third-order valence-corrected chi connectivity index (χ3v) is 4.80. The molecule has 0 bridgehead atoms. The van der Waals surface area contributed by atoms with Crippen molar-refractivity contribution in [3.63, 3.8) is 0 Å². The second-order valence-electron chi connectivity index (χ2n) is 7.49. The van der Waals surface area contributed by atoms with Gasteiger partial charge in [-0.15, -0.1) is 0 Å². The number of carboxylic acid groups (broad SMARTS) is 2. The largest absolute Gasteiger partial charge is 0.481 e. The van der Waals surface area contributed by atoms with E-state index in [0.29, 0.717) is 12.8 Å². The van der Waals surface area contributed by atoms with Crippen molar-refractivity contribution in [3.8, 4) is 0 Å². The first-order chi connectivity index (χ1) is 13.3. The van der Waals surface area contributed by atoms with Crippen LogP contribution in [0.5, 0.6) is 0 Å². The third-order valence-electron chi connectivity index (χ3n) is 4.80. The molecule has 1 saturated heterocycles. The average Bonchev–Trinajstić information content (AvgIpc) is 2.66. The van der Waals surface area contributed by atoms with E-state index >= 15 is 0 Å². The Labute approximate surface area is 167 Å². The molecular formula is C22H33NO5. The Kier molecular flexibility index (Phi) is 11.1. The number of Topliss-reactive ketones (excluding diaryl/α,β-unsaturated/α-hetero) is 1. The monoisotopic (exact) mass is 391 g/mol. The quantitative estimate of drug-likeness (QED) is 0.488. The van der Waals surface area contributed by atoms with Crippen LogP contribution in [0.1, 0.15) is 67.8 Å². The van der Waals surface area contributed by atoms with Gasteiger partial charge < -0.3 is 15.1 Å². The molecule has 0 amide bonds. The predicted octanol–water partition coefficient (Wildman–Crippen LogP) is 4.02. The van der Waals surface area contributed by atoms with Crippen LogP contribution in [0.3, 0.4) is 0 Å². The summed E-state index contributed by atoms with van der Waals surface area (Å²) in [6.45, 7) is 7.33. The molecule has 0 aliphatic carbocycles. The van der Waals surface area contributed by atoms with Crippen molar-refractivity contribution in [1.29, 1.82) is 0 Å². The highest BCUT2D eigenvalue weighted by molar-refractivity contribution is 5.97. The number of rotatable bonds is 9. The first-order valence-corrected chi connectivity index (χ1v) is 10.1. The molecule has 1 aromatic rings. The lowest BCUT2D eigenvalue weighted by Gasteiger charge is -2.28. The standard InChI is InChI=1S/C16H23NO.C6H10O4/c1-13-6-8-15(9-7-13)16(18)14(2)12-17-10-4-3-5-11-17;7-5(8)3-1-2-4-6(9)10/h6-9,14H,3-5,10-12H2,1-2H3;1-4H2,(H,7,8)(H,9,10)/t14-;/m0./s1. The first-order valence-electron chi connectivity index (χ1n) is 10.1. The summed E-state index contributed by atoms with van der Waals surface area (Å²) >= 11 is 0. The molecule has 1 aliphatic rings. The lowest BCUT2D eigenvalue weighted by atomic mass is 9.97. The Hall–Kier alpha value is -2.21. The Morgan fingerprint density at radius 3 is 1.89 bits per heavy atom. The molecule has 1 aromatic carbocycles. The molecule has 1 heterocycles. The van der Waals surface area contributed by atoms with Crippen LogP contribution >= 0.6 is 0 Å². The topological polar surface area (TPSA) is 94.9 Å². The van der Waals surface area contributed by atoms with Gasteiger partial charge in [-0.05, 0) is 45.7 Å². The molecule has 0 aromatic heterocycles. The maximum atomic E-state index is 12.3. The normalized spacial score (nSPS) is 15.2. The van der Waals surface area contributed by atoms with E-state index in [-0.39, 0.29) is 24.5 Å². The maximum Gasteiger partial charge on any atom is 0.303 e. The number of carboxylic acids is 2. The average molecular weight is 392 g/mol. The summed E-state index contributed by atoms with van der Waals surface area (Å²) in [5, 5.41) is 16.3. The Morgan fingerprint density at radius 2 is 1.43 bits per heavy atom. The van der Waals surface area contributed by atoms with Gasteiger partial charge in [0.2, 0.25) is 0 Å². The molecule has 0 saturated carbocycles. The van der Waals surface area contributed by atoms with Crippen LogP contribution < -0.4 is 0 Å². The van der Waals surface area contributed by atoms with Crippen LogP contribution in [0, 0.1) is 12.8 Å². The summed E-state index contributed by atoms with van der Waals surface area (Å²) in [5.74, 6) is -1.36. The molecule has 2 N–H and O–H groups in total. The van der Waals surface area contributed by atoms with Crippen molar-refractivity contribution in [2.45, 2.75) is 58.8 Å². The zero-order valence-corrected chi connectivity index (χ0v) is 17.0. The van der Waals surface area contributed by atoms with Crippen molar-refractivity contribution in [1.82, 2.24) is 4.90 Å². The van der Waals surface area contributed by atoms with Gasteiger partial charge in [0.25, 0.3) is 0 Å². The van der Waals surface area contributed by atoms with Gasteiger partial charge in [0.05, 0.1) is 0 Å². The number of piperidine rings is 1. The number of ketones is 1. The lowest BCUT2D eigenvalue weighted by Crippen LogP contribution is -2.35. The SMILES string of the molecule is Cc1ccc(C(=O)[C@@H](C)CN2CCCCC2)cc1.O=C(O)CCCCC(=O)O.